The number of amides is 1. The lowest BCUT2D eigenvalue weighted by Crippen LogP contribution is -2.43. The van der Waals surface area contributed by atoms with Gasteiger partial charge >= 0.3 is 5.97 Å². The monoisotopic (exact) mass is 213 g/mol. The molecular weight excluding hydrogens is 198 g/mol. The normalized spacial score (nSPS) is 30.8. The minimum absolute atomic E-state index is 0.0441. The van der Waals surface area contributed by atoms with Gasteiger partial charge in [-0.15, -0.1) is 0 Å². The van der Waals surface area contributed by atoms with Crippen molar-refractivity contribution in [2.75, 3.05) is 19.8 Å². The van der Waals surface area contributed by atoms with Crippen LogP contribution in [0.5, 0.6) is 0 Å². The minimum atomic E-state index is -0.889. The standard InChI is InChI=1S/C10H15NO4/c12-9(7-3-5-15-6-7)11-4-1-2-8(11)10(13)14/h7-8H,1-6H2,(H,13,14). The number of carbonyl (C=O) groups is 2. The van der Waals surface area contributed by atoms with Crippen LogP contribution in [-0.4, -0.2) is 47.7 Å². The van der Waals surface area contributed by atoms with Gasteiger partial charge in [0.15, 0.2) is 0 Å². The van der Waals surface area contributed by atoms with Crippen molar-refractivity contribution in [3.63, 3.8) is 0 Å². The molecule has 2 rings (SSSR count). The lowest BCUT2D eigenvalue weighted by Gasteiger charge is -2.23. The van der Waals surface area contributed by atoms with Gasteiger partial charge in [-0.2, -0.15) is 0 Å². The van der Waals surface area contributed by atoms with E-state index in [0.29, 0.717) is 26.2 Å². The smallest absolute Gasteiger partial charge is 0.326 e. The van der Waals surface area contributed by atoms with Crippen LogP contribution in [0.2, 0.25) is 0 Å². The largest absolute Gasteiger partial charge is 0.480 e. The van der Waals surface area contributed by atoms with E-state index in [4.69, 9.17) is 9.84 Å². The number of likely N-dealkylation sites (tertiary alicyclic amines) is 1. The predicted octanol–water partition coefficient (Wildman–Crippen LogP) is 0.0985. The first-order valence-corrected chi connectivity index (χ1v) is 5.31. The highest BCUT2D eigenvalue weighted by atomic mass is 16.5. The summed E-state index contributed by atoms with van der Waals surface area (Å²) < 4.78 is 5.14. The summed E-state index contributed by atoms with van der Waals surface area (Å²) >= 11 is 0. The van der Waals surface area contributed by atoms with Crippen molar-refractivity contribution in [2.45, 2.75) is 25.3 Å². The van der Waals surface area contributed by atoms with Crippen LogP contribution in [0.15, 0.2) is 0 Å². The molecule has 1 N–H and O–H groups in total. The van der Waals surface area contributed by atoms with Gasteiger partial charge in [0.1, 0.15) is 6.04 Å². The van der Waals surface area contributed by atoms with Gasteiger partial charge in [-0.05, 0) is 19.3 Å². The maximum Gasteiger partial charge on any atom is 0.326 e. The molecule has 0 aromatic heterocycles. The molecule has 2 aliphatic rings. The summed E-state index contributed by atoms with van der Waals surface area (Å²) in [5.74, 6) is -1.05. The summed E-state index contributed by atoms with van der Waals surface area (Å²) in [5, 5.41) is 8.95. The van der Waals surface area contributed by atoms with Crippen LogP contribution in [0.4, 0.5) is 0 Å². The number of nitrogens with zero attached hydrogens (tertiary/aromatic N) is 1. The summed E-state index contributed by atoms with van der Waals surface area (Å²) in [6.07, 6.45) is 2.09. The third-order valence-corrected chi connectivity index (χ3v) is 3.10. The number of carbonyl (C=O) groups excluding carboxylic acids is 1. The lowest BCUT2D eigenvalue weighted by atomic mass is 10.1. The van der Waals surface area contributed by atoms with Crippen LogP contribution in [0.1, 0.15) is 19.3 Å². The molecule has 0 aromatic carbocycles. The minimum Gasteiger partial charge on any atom is -0.480 e. The number of hydrogen-bond acceptors (Lipinski definition) is 3. The Morgan fingerprint density at radius 2 is 2.13 bits per heavy atom. The molecule has 0 radical (unpaired) electrons. The average Bonchev–Trinajstić information content (AvgIpc) is 2.88. The van der Waals surface area contributed by atoms with Crippen molar-refractivity contribution in [3.8, 4) is 0 Å². The topological polar surface area (TPSA) is 66.8 Å². The van der Waals surface area contributed by atoms with E-state index >= 15 is 0 Å². The molecule has 84 valence electrons. The van der Waals surface area contributed by atoms with Crippen molar-refractivity contribution in [1.29, 1.82) is 0 Å². The SMILES string of the molecule is O=C(O)C1CCCN1C(=O)C1CCOC1. The summed E-state index contributed by atoms with van der Waals surface area (Å²) in [7, 11) is 0. The first-order chi connectivity index (χ1) is 7.20. The van der Waals surface area contributed by atoms with E-state index in [1.165, 1.54) is 4.90 Å². The first-order valence-electron chi connectivity index (χ1n) is 5.31. The van der Waals surface area contributed by atoms with Gasteiger partial charge in [-0.25, -0.2) is 4.79 Å². The Balaban J connectivity index is 2.02. The van der Waals surface area contributed by atoms with Crippen LogP contribution in [0, 0.1) is 5.92 Å². The summed E-state index contributed by atoms with van der Waals surface area (Å²) in [6, 6.07) is -0.613. The van der Waals surface area contributed by atoms with Gasteiger partial charge in [0.25, 0.3) is 0 Å². The van der Waals surface area contributed by atoms with Crippen LogP contribution < -0.4 is 0 Å². The van der Waals surface area contributed by atoms with Crippen molar-refractivity contribution in [2.24, 2.45) is 5.92 Å². The average molecular weight is 213 g/mol. The fourth-order valence-corrected chi connectivity index (χ4v) is 2.25. The van der Waals surface area contributed by atoms with Gasteiger partial charge in [0.2, 0.25) is 5.91 Å². The quantitative estimate of drug-likeness (QED) is 0.706. The van der Waals surface area contributed by atoms with Crippen LogP contribution in [0.3, 0.4) is 0 Å². The van der Waals surface area contributed by atoms with E-state index in [-0.39, 0.29) is 11.8 Å². The molecule has 2 aliphatic heterocycles. The third-order valence-electron chi connectivity index (χ3n) is 3.10. The molecule has 2 atom stereocenters. The number of ether oxygens (including phenoxy) is 1. The van der Waals surface area contributed by atoms with E-state index in [9.17, 15) is 9.59 Å². The number of rotatable bonds is 2. The number of aliphatic carboxylic acids is 1. The van der Waals surface area contributed by atoms with E-state index in [2.05, 4.69) is 0 Å². The Labute approximate surface area is 88.0 Å². The molecule has 1 amide bonds. The Hall–Kier alpha value is -1.10. The molecule has 2 heterocycles. The summed E-state index contributed by atoms with van der Waals surface area (Å²) in [4.78, 5) is 24.4. The molecule has 2 saturated heterocycles. The number of hydrogen-bond donors (Lipinski definition) is 1. The molecule has 15 heavy (non-hydrogen) atoms. The zero-order valence-corrected chi connectivity index (χ0v) is 8.52. The van der Waals surface area contributed by atoms with Crippen molar-refractivity contribution in [1.82, 2.24) is 4.90 Å². The Kier molecular flexibility index (Phi) is 2.90. The fourth-order valence-electron chi connectivity index (χ4n) is 2.25. The third kappa shape index (κ3) is 1.97. The van der Waals surface area contributed by atoms with Crippen LogP contribution in [-0.2, 0) is 14.3 Å². The lowest BCUT2D eigenvalue weighted by molar-refractivity contribution is -0.149. The second-order valence-corrected chi connectivity index (χ2v) is 4.09. The van der Waals surface area contributed by atoms with E-state index < -0.39 is 12.0 Å². The highest BCUT2D eigenvalue weighted by Crippen LogP contribution is 2.23. The molecule has 0 aliphatic carbocycles. The van der Waals surface area contributed by atoms with Gasteiger partial charge in [-0.1, -0.05) is 0 Å². The molecule has 0 spiro atoms. The highest BCUT2D eigenvalue weighted by Gasteiger charge is 2.37. The summed E-state index contributed by atoms with van der Waals surface area (Å²) in [5.41, 5.74) is 0. The first kappa shape index (κ1) is 10.4. The molecule has 0 saturated carbocycles. The zero-order chi connectivity index (χ0) is 10.8. The molecule has 2 fully saturated rings. The Bertz CT molecular complexity index is 273. The van der Waals surface area contributed by atoms with Gasteiger partial charge < -0.3 is 14.7 Å². The van der Waals surface area contributed by atoms with E-state index in [1.54, 1.807) is 0 Å². The predicted molar refractivity (Wildman–Crippen MR) is 51.3 cm³/mol. The maximum atomic E-state index is 11.9. The second-order valence-electron chi connectivity index (χ2n) is 4.09. The second kappa shape index (κ2) is 4.18. The summed E-state index contributed by atoms with van der Waals surface area (Å²) in [6.45, 7) is 1.63. The highest BCUT2D eigenvalue weighted by molar-refractivity contribution is 5.85. The van der Waals surface area contributed by atoms with E-state index in [0.717, 1.165) is 12.8 Å². The van der Waals surface area contributed by atoms with Crippen molar-refractivity contribution in [3.05, 3.63) is 0 Å². The van der Waals surface area contributed by atoms with Crippen molar-refractivity contribution >= 4 is 11.9 Å². The number of carboxylic acids is 1. The maximum absolute atomic E-state index is 11.9. The van der Waals surface area contributed by atoms with Gasteiger partial charge in [0, 0.05) is 13.2 Å². The molecule has 5 nitrogen and oxygen atoms in total. The zero-order valence-electron chi connectivity index (χ0n) is 8.52. The Morgan fingerprint density at radius 3 is 2.73 bits per heavy atom. The molecule has 5 heteroatoms. The van der Waals surface area contributed by atoms with E-state index in [1.807, 2.05) is 0 Å². The van der Waals surface area contributed by atoms with Crippen LogP contribution in [0.25, 0.3) is 0 Å². The number of carboxylic acid groups (broad SMARTS) is 1. The molecular formula is C10H15NO4. The van der Waals surface area contributed by atoms with Crippen LogP contribution >= 0.6 is 0 Å². The van der Waals surface area contributed by atoms with Crippen molar-refractivity contribution < 1.29 is 19.4 Å². The molecule has 2 unspecified atom stereocenters. The molecule has 0 bridgehead atoms. The Morgan fingerprint density at radius 1 is 1.33 bits per heavy atom. The molecule has 0 aromatic rings. The van der Waals surface area contributed by atoms with Gasteiger partial charge in [-0.3, -0.25) is 4.79 Å². The van der Waals surface area contributed by atoms with Gasteiger partial charge in [0.05, 0.1) is 12.5 Å². The fraction of sp³-hybridized carbons (Fsp3) is 0.800.